The second-order valence-corrected chi connectivity index (χ2v) is 30.5. The van der Waals surface area contributed by atoms with Gasteiger partial charge in [-0.25, -0.2) is 44.9 Å². The van der Waals surface area contributed by atoms with E-state index >= 15 is 0 Å². The third kappa shape index (κ3) is 12.4. The molecular weight excluding hydrogens is 1350 g/mol. The number of aromatic nitrogens is 15. The van der Waals surface area contributed by atoms with E-state index in [4.69, 9.17) is 47.1 Å². The molecule has 6 aromatic carbocycles. The van der Waals surface area contributed by atoms with E-state index in [-0.39, 0.29) is 5.92 Å². The molecule has 23 nitrogen and oxygen atoms in total. The number of fused-ring (bicyclic) bond motifs is 6. The molecular formula is C85H92N22O. The van der Waals surface area contributed by atoms with E-state index in [2.05, 4.69) is 195 Å². The average Bonchev–Trinajstić information content (AvgIpc) is 1.58. The monoisotopic (exact) mass is 1440 g/mol. The van der Waals surface area contributed by atoms with Crippen molar-refractivity contribution in [2.24, 2.45) is 7.05 Å². The van der Waals surface area contributed by atoms with Crippen molar-refractivity contribution in [1.82, 2.24) is 91.4 Å². The number of imidazole rings is 6. The van der Waals surface area contributed by atoms with Crippen LogP contribution in [0.25, 0.3) is 118 Å². The number of nitrogen functional groups attached to an aromatic ring is 3. The number of hydrogen-bond acceptors (Lipinski definition) is 17. The van der Waals surface area contributed by atoms with E-state index in [0.717, 1.165) is 226 Å². The number of aliphatic hydroxyl groups is 1. The molecule has 0 amide bonds. The lowest BCUT2D eigenvalue weighted by molar-refractivity contribution is -0.0335. The fourth-order valence-corrected chi connectivity index (χ4v) is 17.5. The summed E-state index contributed by atoms with van der Waals surface area (Å²) in [6.45, 7) is 17.1. The van der Waals surface area contributed by atoms with Gasteiger partial charge in [-0.1, -0.05) is 109 Å². The normalized spacial score (nSPS) is 20.8. The van der Waals surface area contributed by atoms with Crippen LogP contribution in [-0.4, -0.2) is 181 Å². The van der Waals surface area contributed by atoms with Gasteiger partial charge in [0.25, 0.3) is 0 Å². The zero-order valence-corrected chi connectivity index (χ0v) is 62.2. The number of hydrogen-bond donors (Lipinski definition) is 4. The molecule has 20 rings (SSSR count). The average molecular weight is 1440 g/mol. The summed E-state index contributed by atoms with van der Waals surface area (Å²) in [6.07, 6.45) is 17.1. The molecule has 0 bridgehead atoms. The van der Waals surface area contributed by atoms with Crippen molar-refractivity contribution in [3.05, 3.63) is 200 Å². The van der Waals surface area contributed by atoms with Crippen LogP contribution in [0.1, 0.15) is 94.5 Å². The summed E-state index contributed by atoms with van der Waals surface area (Å²) in [5, 5.41) is 10.3. The topological polar surface area (TPSA) is 255 Å². The molecule has 7 N–H and O–H groups in total. The number of benzene rings is 6. The van der Waals surface area contributed by atoms with Crippen LogP contribution in [-0.2, 0) is 20.1 Å². The van der Waals surface area contributed by atoms with Gasteiger partial charge in [0.1, 0.15) is 86.0 Å². The Labute approximate surface area is 627 Å². The maximum absolute atomic E-state index is 10.3. The predicted octanol–water partition coefficient (Wildman–Crippen LogP) is 13.2. The molecule has 108 heavy (non-hydrogen) atoms. The molecule has 0 atom stereocenters. The summed E-state index contributed by atoms with van der Waals surface area (Å²) in [7, 11) is 6.49. The van der Waals surface area contributed by atoms with Gasteiger partial charge in [-0.15, -0.1) is 0 Å². The lowest BCUT2D eigenvalue weighted by Gasteiger charge is -2.45. The quantitative estimate of drug-likeness (QED) is 0.0837. The van der Waals surface area contributed by atoms with Crippen molar-refractivity contribution in [3.63, 3.8) is 0 Å². The smallest absolute Gasteiger partial charge is 0.150 e. The largest absolute Gasteiger partial charge is 0.390 e. The van der Waals surface area contributed by atoms with Gasteiger partial charge in [0.15, 0.2) is 0 Å². The molecule has 2 saturated heterocycles. The number of rotatable bonds is 13. The van der Waals surface area contributed by atoms with Crippen LogP contribution in [0.3, 0.4) is 0 Å². The molecule has 0 spiro atoms. The summed E-state index contributed by atoms with van der Waals surface area (Å²) in [6, 6.07) is 51.4. The van der Waals surface area contributed by atoms with Gasteiger partial charge in [0, 0.05) is 173 Å². The molecule has 9 aromatic heterocycles. The Morgan fingerprint density at radius 2 is 0.731 bits per heavy atom. The fraction of sp³-hybridized carbons (Fsp3) is 0.329. The van der Waals surface area contributed by atoms with Gasteiger partial charge in [0.05, 0.1) is 38.7 Å². The van der Waals surface area contributed by atoms with Crippen molar-refractivity contribution in [1.29, 1.82) is 0 Å². The van der Waals surface area contributed by atoms with Gasteiger partial charge in [-0.2, -0.15) is 0 Å². The molecule has 11 heterocycles. The maximum Gasteiger partial charge on any atom is 0.150 e. The lowest BCUT2D eigenvalue weighted by Crippen LogP contribution is -2.52. The highest BCUT2D eigenvalue weighted by Crippen LogP contribution is 2.48. The minimum absolute atomic E-state index is 0.191. The van der Waals surface area contributed by atoms with Gasteiger partial charge in [-0.05, 0) is 110 Å². The van der Waals surface area contributed by atoms with Gasteiger partial charge in [0.2, 0.25) is 0 Å². The van der Waals surface area contributed by atoms with E-state index in [0.29, 0.717) is 54.2 Å². The third-order valence-corrected chi connectivity index (χ3v) is 23.6. The van der Waals surface area contributed by atoms with Crippen LogP contribution in [0, 0.1) is 0 Å². The number of nitrogens with two attached hydrogens (primary N) is 3. The highest BCUT2D eigenvalue weighted by atomic mass is 16.3. The highest BCUT2D eigenvalue weighted by molar-refractivity contribution is 5.94. The summed E-state index contributed by atoms with van der Waals surface area (Å²) in [4.78, 5) is 53.8. The Balaban J connectivity index is 0.000000115. The van der Waals surface area contributed by atoms with Crippen LogP contribution in [0.4, 0.5) is 17.5 Å². The maximum atomic E-state index is 10.3. The summed E-state index contributed by atoms with van der Waals surface area (Å²) >= 11 is 0. The Hall–Kier alpha value is -11.2. The second kappa shape index (κ2) is 27.9. The molecule has 0 unspecified atom stereocenters. The van der Waals surface area contributed by atoms with Crippen LogP contribution in [0.2, 0.25) is 0 Å². The Morgan fingerprint density at radius 1 is 0.398 bits per heavy atom. The van der Waals surface area contributed by atoms with E-state index in [1.165, 1.54) is 0 Å². The van der Waals surface area contributed by atoms with E-state index in [9.17, 15) is 5.11 Å². The molecule has 2 aliphatic heterocycles. The van der Waals surface area contributed by atoms with Crippen molar-refractivity contribution < 1.29 is 5.11 Å². The summed E-state index contributed by atoms with van der Waals surface area (Å²) in [5.41, 5.74) is 36.2. The van der Waals surface area contributed by atoms with Gasteiger partial charge < -0.3 is 45.8 Å². The number of likely N-dealkylation sites (N-methyl/N-ethyl adjacent to an activating group) is 2. The molecule has 548 valence electrons. The first-order valence-corrected chi connectivity index (χ1v) is 38.2. The van der Waals surface area contributed by atoms with Crippen molar-refractivity contribution in [3.8, 4) is 67.9 Å². The number of aryl methyl sites for hydroxylation is 3. The highest BCUT2D eigenvalue weighted by Gasteiger charge is 2.43. The van der Waals surface area contributed by atoms with E-state index in [1.807, 2.05) is 72.4 Å². The Morgan fingerprint density at radius 3 is 1.09 bits per heavy atom. The standard InChI is InChI=1S/C30H34N8.C29H32N8.C26H26N6O/c1-3-37-25-10-9-21(19-24(25)33-29(37)20-7-5-4-6-8-20)26-27-28(31)32-11-12-38(27)30(34-26)22-17-23(18-22)36-15-13-35(2)14-16-36;1-34-12-14-36(15-13-34)22-16-21(17-22)29-33-25(26-27(30)31-10-11-37(26)29)20-8-9-24-23(18-20)32-28(35(24)2)19-6-4-3-5-7-19;1-3-31-20-10-9-17(13-19(20)29-24(31)16-7-5-4-6-8-16)21-22-23(27)28-11-12-32(22)25(30-21)18-14-26(2,33)15-18/h4-12,19,22-23H,3,13-18H2,1-2H3,(H2,31,32);3-11,18,21-22H,12-17H2,1-2H3,(H2,30,31);4-13,18,33H,3,14-15H2,1-2H3,(H2,27,28). The first kappa shape index (κ1) is 68.6. The molecule has 3 saturated carbocycles. The number of nitrogens with zero attached hydrogens (tertiary/aromatic N) is 19. The number of piperazine rings is 2. The molecule has 0 radical (unpaired) electrons. The van der Waals surface area contributed by atoms with Crippen LogP contribution in [0.5, 0.6) is 0 Å². The minimum Gasteiger partial charge on any atom is -0.390 e. The minimum atomic E-state index is -0.630. The van der Waals surface area contributed by atoms with Crippen molar-refractivity contribution in [2.75, 3.05) is 83.7 Å². The van der Waals surface area contributed by atoms with Crippen LogP contribution < -0.4 is 17.2 Å². The zero-order valence-electron chi connectivity index (χ0n) is 62.2. The zero-order chi connectivity index (χ0) is 73.6. The third-order valence-electron chi connectivity index (χ3n) is 23.6. The van der Waals surface area contributed by atoms with Crippen LogP contribution >= 0.6 is 0 Å². The van der Waals surface area contributed by atoms with E-state index in [1.54, 1.807) is 18.6 Å². The first-order chi connectivity index (χ1) is 52.6. The molecule has 5 fully saturated rings. The SMILES string of the molecule is CCn1c(-c2ccccc2)nc2cc(-c3nc(C4CC(C)(O)C4)n4ccnc(N)c34)ccc21.CCn1c(-c2ccccc2)nc2cc(-c3nc(C4CC(N5CCN(C)CC5)C4)n4ccnc(N)c34)ccc21.CN1CCN(C2CC(c3nc(-c4ccc5c(c4)nc(-c4ccccc4)n5C)c4c(N)nccn34)C2)CC1. The van der Waals surface area contributed by atoms with Crippen molar-refractivity contribution in [2.45, 2.75) is 108 Å². The van der Waals surface area contributed by atoms with E-state index < -0.39 is 5.60 Å². The van der Waals surface area contributed by atoms with Gasteiger partial charge in [-0.3, -0.25) is 23.0 Å². The number of anilines is 3. The lowest BCUT2D eigenvalue weighted by atomic mass is 9.72. The van der Waals surface area contributed by atoms with Crippen molar-refractivity contribution >= 4 is 67.1 Å². The van der Waals surface area contributed by atoms with Gasteiger partial charge >= 0.3 is 0 Å². The molecule has 3 aliphatic carbocycles. The second-order valence-electron chi connectivity index (χ2n) is 30.5. The summed E-state index contributed by atoms with van der Waals surface area (Å²) < 4.78 is 13.0. The molecule has 5 aliphatic rings. The Bertz CT molecular complexity index is 5820. The first-order valence-electron chi connectivity index (χ1n) is 38.2. The van der Waals surface area contributed by atoms with Crippen LogP contribution in [0.15, 0.2) is 183 Å². The molecule has 15 aromatic rings. The summed E-state index contributed by atoms with van der Waals surface area (Å²) in [5.74, 6) is 8.52. The fourth-order valence-electron chi connectivity index (χ4n) is 17.5. The Kier molecular flexibility index (Phi) is 17.7. The predicted molar refractivity (Wildman–Crippen MR) is 429 cm³/mol. The molecule has 23 heteroatoms.